The quantitative estimate of drug-likeness (QED) is 0.549. The predicted molar refractivity (Wildman–Crippen MR) is 109 cm³/mol. The first kappa shape index (κ1) is 18.4. The number of amides is 1. The van der Waals surface area contributed by atoms with Crippen molar-refractivity contribution in [1.29, 1.82) is 0 Å². The van der Waals surface area contributed by atoms with Crippen LogP contribution < -0.4 is 5.32 Å². The minimum absolute atomic E-state index is 0.178. The minimum atomic E-state index is -0.279. The summed E-state index contributed by atoms with van der Waals surface area (Å²) in [6.45, 7) is 0. The van der Waals surface area contributed by atoms with Crippen LogP contribution in [0.1, 0.15) is 5.56 Å². The van der Waals surface area contributed by atoms with Gasteiger partial charge in [-0.1, -0.05) is 36.4 Å². The van der Waals surface area contributed by atoms with E-state index in [1.807, 2.05) is 36.4 Å². The molecule has 2 heterocycles. The largest absolute Gasteiger partial charge is 0.294 e. The normalized spacial score (nSPS) is 10.5. The lowest BCUT2D eigenvalue weighted by Crippen LogP contribution is -2.16. The van der Waals surface area contributed by atoms with Gasteiger partial charge in [-0.15, -0.1) is 0 Å². The third-order valence-electron chi connectivity index (χ3n) is 4.35. The number of halogens is 1. The fourth-order valence-corrected chi connectivity index (χ4v) is 2.96. The van der Waals surface area contributed by atoms with Crippen molar-refractivity contribution in [2.45, 2.75) is 6.42 Å². The number of carbonyl (C=O) groups excluding carboxylic acids is 1. The molecule has 0 fully saturated rings. The molecule has 0 aliphatic rings. The van der Waals surface area contributed by atoms with E-state index < -0.39 is 0 Å². The monoisotopic (exact) mass is 384 g/mol. The molecule has 0 saturated carbocycles. The lowest BCUT2D eigenvalue weighted by molar-refractivity contribution is -0.115. The summed E-state index contributed by atoms with van der Waals surface area (Å²) in [5.74, 6) is -0.245. The van der Waals surface area contributed by atoms with Crippen LogP contribution in [0.4, 0.5) is 10.3 Å². The van der Waals surface area contributed by atoms with Crippen molar-refractivity contribution in [2.75, 3.05) is 5.32 Å². The number of aromatic nitrogens is 3. The Kier molecular flexibility index (Phi) is 5.33. The number of hydrogen-bond acceptors (Lipinski definition) is 4. The second-order valence-electron chi connectivity index (χ2n) is 6.43. The smallest absolute Gasteiger partial charge is 0.231 e. The van der Waals surface area contributed by atoms with Crippen molar-refractivity contribution in [3.8, 4) is 22.4 Å². The molecule has 5 nitrogen and oxygen atoms in total. The van der Waals surface area contributed by atoms with Crippen molar-refractivity contribution >= 4 is 11.9 Å². The zero-order chi connectivity index (χ0) is 20.1. The molecular formula is C23H17FN4O. The molecule has 142 valence electrons. The molecule has 2 aromatic carbocycles. The standard InChI is InChI=1S/C23H17FN4O/c24-20-6-4-17(5-7-20)19-3-1-2-16(14-19)15-22(29)28-23-26-13-10-21(27-23)18-8-11-25-12-9-18/h1-14H,15H2,(H,26,27,28,29). The van der Waals surface area contributed by atoms with Crippen molar-refractivity contribution in [1.82, 2.24) is 15.0 Å². The lowest BCUT2D eigenvalue weighted by Gasteiger charge is -2.07. The van der Waals surface area contributed by atoms with Crippen LogP contribution in [0.25, 0.3) is 22.4 Å². The Balaban J connectivity index is 1.46. The van der Waals surface area contributed by atoms with Gasteiger partial charge in [-0.25, -0.2) is 14.4 Å². The fraction of sp³-hybridized carbons (Fsp3) is 0.0435. The van der Waals surface area contributed by atoms with E-state index >= 15 is 0 Å². The average Bonchev–Trinajstić information content (AvgIpc) is 2.75. The number of nitrogens with one attached hydrogen (secondary N) is 1. The van der Waals surface area contributed by atoms with Crippen molar-refractivity contribution in [3.63, 3.8) is 0 Å². The minimum Gasteiger partial charge on any atom is -0.294 e. The summed E-state index contributed by atoms with van der Waals surface area (Å²) in [4.78, 5) is 25.0. The number of anilines is 1. The third-order valence-corrected chi connectivity index (χ3v) is 4.35. The summed E-state index contributed by atoms with van der Waals surface area (Å²) in [5, 5.41) is 2.74. The summed E-state index contributed by atoms with van der Waals surface area (Å²) in [7, 11) is 0. The van der Waals surface area contributed by atoms with Gasteiger partial charge in [0, 0.05) is 24.2 Å². The van der Waals surface area contributed by atoms with Crippen LogP contribution in [0.15, 0.2) is 85.3 Å². The first-order valence-electron chi connectivity index (χ1n) is 9.05. The van der Waals surface area contributed by atoms with Gasteiger partial charge in [-0.2, -0.15) is 0 Å². The molecule has 6 heteroatoms. The maximum atomic E-state index is 13.1. The Bertz CT molecular complexity index is 1130. The van der Waals surface area contributed by atoms with Gasteiger partial charge in [0.25, 0.3) is 0 Å². The highest BCUT2D eigenvalue weighted by Gasteiger charge is 2.09. The van der Waals surface area contributed by atoms with E-state index in [-0.39, 0.29) is 24.1 Å². The SMILES string of the molecule is O=C(Cc1cccc(-c2ccc(F)cc2)c1)Nc1nccc(-c2ccncc2)n1. The Hall–Kier alpha value is -3.93. The number of carbonyl (C=O) groups is 1. The molecule has 0 aliphatic carbocycles. The molecule has 0 atom stereocenters. The maximum Gasteiger partial charge on any atom is 0.231 e. The lowest BCUT2D eigenvalue weighted by atomic mass is 10.0. The number of nitrogens with zero attached hydrogens (tertiary/aromatic N) is 3. The van der Waals surface area contributed by atoms with Crippen LogP contribution in [-0.2, 0) is 11.2 Å². The topological polar surface area (TPSA) is 67.8 Å². The van der Waals surface area contributed by atoms with Gasteiger partial charge >= 0.3 is 0 Å². The average molecular weight is 384 g/mol. The number of hydrogen-bond donors (Lipinski definition) is 1. The van der Waals surface area contributed by atoms with Crippen LogP contribution in [0.5, 0.6) is 0 Å². The second kappa shape index (κ2) is 8.39. The van der Waals surface area contributed by atoms with E-state index in [0.29, 0.717) is 5.69 Å². The summed E-state index contributed by atoms with van der Waals surface area (Å²) in [6.07, 6.45) is 5.15. The number of benzene rings is 2. The van der Waals surface area contributed by atoms with Gasteiger partial charge in [-0.05, 0) is 47.0 Å². The molecule has 4 rings (SSSR count). The Morgan fingerprint density at radius 1 is 0.862 bits per heavy atom. The van der Waals surface area contributed by atoms with Gasteiger partial charge in [0.1, 0.15) is 5.82 Å². The van der Waals surface area contributed by atoms with Crippen LogP contribution in [-0.4, -0.2) is 20.9 Å². The van der Waals surface area contributed by atoms with Gasteiger partial charge in [0.15, 0.2) is 0 Å². The first-order chi connectivity index (χ1) is 14.2. The first-order valence-corrected chi connectivity index (χ1v) is 9.05. The van der Waals surface area contributed by atoms with Gasteiger partial charge in [0.2, 0.25) is 11.9 Å². The molecule has 1 N–H and O–H groups in total. The van der Waals surface area contributed by atoms with Crippen molar-refractivity contribution < 1.29 is 9.18 Å². The third kappa shape index (κ3) is 4.68. The summed E-state index contributed by atoms with van der Waals surface area (Å²) >= 11 is 0. The van der Waals surface area contributed by atoms with E-state index in [4.69, 9.17) is 0 Å². The van der Waals surface area contributed by atoms with E-state index in [0.717, 1.165) is 22.3 Å². The summed E-state index contributed by atoms with van der Waals surface area (Å²) in [5.41, 5.74) is 4.25. The Morgan fingerprint density at radius 3 is 2.45 bits per heavy atom. The molecule has 0 unspecified atom stereocenters. The molecule has 0 saturated heterocycles. The molecule has 4 aromatic rings. The highest BCUT2D eigenvalue weighted by molar-refractivity contribution is 5.91. The molecule has 0 spiro atoms. The van der Waals surface area contributed by atoms with Crippen LogP contribution in [0.2, 0.25) is 0 Å². The molecule has 0 radical (unpaired) electrons. The van der Waals surface area contributed by atoms with Crippen molar-refractivity contribution in [3.05, 3.63) is 96.7 Å². The zero-order valence-electron chi connectivity index (χ0n) is 15.4. The molecule has 29 heavy (non-hydrogen) atoms. The van der Waals surface area contributed by atoms with Crippen LogP contribution in [0.3, 0.4) is 0 Å². The van der Waals surface area contributed by atoms with Crippen molar-refractivity contribution in [2.24, 2.45) is 0 Å². The van der Waals surface area contributed by atoms with E-state index in [1.165, 1.54) is 12.1 Å². The van der Waals surface area contributed by atoms with E-state index in [1.54, 1.807) is 36.8 Å². The molecule has 1 amide bonds. The maximum absolute atomic E-state index is 13.1. The molecule has 0 bridgehead atoms. The fourth-order valence-electron chi connectivity index (χ4n) is 2.96. The van der Waals surface area contributed by atoms with E-state index in [2.05, 4.69) is 20.3 Å². The van der Waals surface area contributed by atoms with Gasteiger partial charge < -0.3 is 0 Å². The highest BCUT2D eigenvalue weighted by atomic mass is 19.1. The summed E-state index contributed by atoms with van der Waals surface area (Å²) < 4.78 is 13.1. The summed E-state index contributed by atoms with van der Waals surface area (Å²) in [6, 6.07) is 19.3. The molecule has 0 aliphatic heterocycles. The van der Waals surface area contributed by atoms with Crippen LogP contribution >= 0.6 is 0 Å². The highest BCUT2D eigenvalue weighted by Crippen LogP contribution is 2.21. The Labute approximate surface area is 167 Å². The molecular weight excluding hydrogens is 367 g/mol. The van der Waals surface area contributed by atoms with E-state index in [9.17, 15) is 9.18 Å². The van der Waals surface area contributed by atoms with Crippen LogP contribution in [0, 0.1) is 5.82 Å². The molecule has 2 aromatic heterocycles. The number of pyridine rings is 1. The Morgan fingerprint density at radius 2 is 1.66 bits per heavy atom. The van der Waals surface area contributed by atoms with Gasteiger partial charge in [0.05, 0.1) is 12.1 Å². The second-order valence-corrected chi connectivity index (χ2v) is 6.43. The zero-order valence-corrected chi connectivity index (χ0v) is 15.4. The number of rotatable bonds is 5. The predicted octanol–water partition coefficient (Wildman–Crippen LogP) is 4.53. The van der Waals surface area contributed by atoms with Gasteiger partial charge in [-0.3, -0.25) is 15.1 Å².